The zero-order valence-corrected chi connectivity index (χ0v) is 20.6. The number of carboxylic acid groups (broad SMARTS) is 1. The Morgan fingerprint density at radius 2 is 1.51 bits per heavy atom. The van der Waals surface area contributed by atoms with Crippen LogP contribution in [0.4, 0.5) is 17.6 Å². The molecular weight excluding hydrogens is 490 g/mol. The van der Waals surface area contributed by atoms with Gasteiger partial charge in [-0.3, -0.25) is 14.6 Å². The van der Waals surface area contributed by atoms with Crippen molar-refractivity contribution in [3.05, 3.63) is 59.7 Å². The maximum Gasteiger partial charge on any atom is 0.414 e. The number of alkyl halides is 4. The zero-order valence-electron chi connectivity index (χ0n) is 20.6. The molecule has 3 rings (SSSR count). The maximum absolute atomic E-state index is 14.4. The fraction of sp³-hybridized carbons (Fsp3) is 0.407. The summed E-state index contributed by atoms with van der Waals surface area (Å²) in [6.07, 6.45) is -4.80. The van der Waals surface area contributed by atoms with E-state index in [4.69, 9.17) is 5.11 Å². The van der Waals surface area contributed by atoms with E-state index in [0.29, 0.717) is 29.5 Å². The van der Waals surface area contributed by atoms with E-state index >= 15 is 0 Å². The molecule has 1 amide bonds. The van der Waals surface area contributed by atoms with Crippen molar-refractivity contribution in [2.75, 3.05) is 0 Å². The van der Waals surface area contributed by atoms with Gasteiger partial charge >= 0.3 is 12.1 Å². The predicted molar refractivity (Wildman–Crippen MR) is 130 cm³/mol. The van der Waals surface area contributed by atoms with Crippen LogP contribution in [0.1, 0.15) is 63.1 Å². The quantitative estimate of drug-likeness (QED) is 0.320. The number of nitrogens with one attached hydrogen (secondary N) is 1. The van der Waals surface area contributed by atoms with Crippen molar-refractivity contribution in [3.8, 4) is 17.2 Å². The number of carbonyl (C=O) groups excluding carboxylic acids is 1. The Labute approximate surface area is 212 Å². The van der Waals surface area contributed by atoms with Gasteiger partial charge < -0.3 is 10.4 Å². The summed E-state index contributed by atoms with van der Waals surface area (Å²) in [6, 6.07) is 11.5. The number of aliphatic imine (C=N–C) groups is 1. The molecule has 2 atom stereocenters. The summed E-state index contributed by atoms with van der Waals surface area (Å²) >= 11 is 0. The largest absolute Gasteiger partial charge is 0.481 e. The standard InChI is InChI=1S/C27H27F4N3O3/c1-16(24(36)37)17-4-6-18(7-5-17)19-8-10-20(11-9-19)22(27(29,30)31)33-21(14-25(2,3)28)23(35)34-26(15-32)12-13-26/h4-11,16,22H,12-14H2,1-3H3,(H,34,35)(H,36,37)/b33-21+/t16-,22-/m0/s1. The van der Waals surface area contributed by atoms with Crippen LogP contribution < -0.4 is 5.32 Å². The molecule has 196 valence electrons. The SMILES string of the molecule is C[C@H](C(=O)O)c1ccc(-c2ccc([C@H](/N=C(\CC(C)(C)F)C(=O)NC3(C#N)CC3)C(F)(F)F)cc2)cc1. The lowest BCUT2D eigenvalue weighted by Gasteiger charge is -2.22. The first-order chi connectivity index (χ1) is 17.1. The number of aliphatic carboxylic acids is 1. The van der Waals surface area contributed by atoms with E-state index in [1.165, 1.54) is 24.3 Å². The van der Waals surface area contributed by atoms with Gasteiger partial charge in [0.05, 0.1) is 12.0 Å². The zero-order chi connectivity index (χ0) is 27.6. The number of nitrogens with zero attached hydrogens (tertiary/aromatic N) is 2. The summed E-state index contributed by atoms with van der Waals surface area (Å²) in [7, 11) is 0. The summed E-state index contributed by atoms with van der Waals surface area (Å²) in [6.45, 7) is 3.81. The van der Waals surface area contributed by atoms with Crippen LogP contribution in [0, 0.1) is 11.3 Å². The molecule has 1 saturated carbocycles. The normalized spacial score (nSPS) is 16.9. The first-order valence-electron chi connectivity index (χ1n) is 11.6. The fourth-order valence-electron chi connectivity index (χ4n) is 3.72. The number of amides is 1. The van der Waals surface area contributed by atoms with Gasteiger partial charge in [-0.25, -0.2) is 4.39 Å². The average Bonchev–Trinajstić information content (AvgIpc) is 3.59. The molecule has 0 bridgehead atoms. The topological polar surface area (TPSA) is 103 Å². The molecule has 1 aliphatic rings. The van der Waals surface area contributed by atoms with Crippen LogP contribution >= 0.6 is 0 Å². The number of hydrogen-bond acceptors (Lipinski definition) is 4. The highest BCUT2D eigenvalue weighted by Crippen LogP contribution is 2.38. The number of carbonyl (C=O) groups is 2. The lowest BCUT2D eigenvalue weighted by atomic mass is 9.96. The number of rotatable bonds is 9. The Hall–Kier alpha value is -3.74. The average molecular weight is 518 g/mol. The van der Waals surface area contributed by atoms with Gasteiger partial charge in [0, 0.05) is 6.42 Å². The first-order valence-corrected chi connectivity index (χ1v) is 11.6. The maximum atomic E-state index is 14.4. The Bertz CT molecular complexity index is 1220. The van der Waals surface area contributed by atoms with Crippen molar-refractivity contribution in [3.63, 3.8) is 0 Å². The minimum Gasteiger partial charge on any atom is -0.481 e. The lowest BCUT2D eigenvalue weighted by Crippen LogP contribution is -2.42. The summed E-state index contributed by atoms with van der Waals surface area (Å²) in [5.41, 5.74) is -2.17. The number of carboxylic acids is 1. The second-order valence-electron chi connectivity index (χ2n) is 9.87. The monoisotopic (exact) mass is 517 g/mol. The summed E-state index contributed by atoms with van der Waals surface area (Å²) in [5, 5.41) is 20.7. The second-order valence-corrected chi connectivity index (χ2v) is 9.87. The molecule has 6 nitrogen and oxygen atoms in total. The third kappa shape index (κ3) is 7.15. The van der Waals surface area contributed by atoms with E-state index in [0.717, 1.165) is 13.8 Å². The molecular formula is C27H27F4N3O3. The van der Waals surface area contributed by atoms with Gasteiger partial charge in [0.15, 0.2) is 6.04 Å². The van der Waals surface area contributed by atoms with Gasteiger partial charge in [-0.05, 0) is 55.9 Å². The van der Waals surface area contributed by atoms with E-state index in [1.807, 2.05) is 6.07 Å². The Balaban J connectivity index is 1.92. The minimum absolute atomic E-state index is 0.240. The molecule has 0 aromatic heterocycles. The third-order valence-electron chi connectivity index (χ3n) is 6.10. The predicted octanol–water partition coefficient (Wildman–Crippen LogP) is 5.90. The Kier molecular flexibility index (Phi) is 7.77. The van der Waals surface area contributed by atoms with Gasteiger partial charge in [-0.2, -0.15) is 18.4 Å². The second kappa shape index (κ2) is 10.3. The van der Waals surface area contributed by atoms with E-state index in [2.05, 4.69) is 10.3 Å². The molecule has 0 radical (unpaired) electrons. The molecule has 1 fully saturated rings. The van der Waals surface area contributed by atoms with Crippen molar-refractivity contribution >= 4 is 17.6 Å². The van der Waals surface area contributed by atoms with Crippen molar-refractivity contribution in [2.24, 2.45) is 4.99 Å². The van der Waals surface area contributed by atoms with Crippen LogP contribution in [0.25, 0.3) is 11.1 Å². The number of hydrogen-bond donors (Lipinski definition) is 2. The van der Waals surface area contributed by atoms with Gasteiger partial charge in [0.25, 0.3) is 5.91 Å². The van der Waals surface area contributed by atoms with Crippen LogP contribution in [-0.4, -0.2) is 40.1 Å². The van der Waals surface area contributed by atoms with Gasteiger partial charge in [0.2, 0.25) is 0 Å². The van der Waals surface area contributed by atoms with Gasteiger partial charge in [-0.15, -0.1) is 0 Å². The lowest BCUT2D eigenvalue weighted by molar-refractivity contribution is -0.148. The van der Waals surface area contributed by atoms with Crippen LogP contribution in [0.15, 0.2) is 53.5 Å². The Morgan fingerprint density at radius 3 is 1.89 bits per heavy atom. The van der Waals surface area contributed by atoms with Crippen molar-refractivity contribution < 1.29 is 32.3 Å². The third-order valence-corrected chi connectivity index (χ3v) is 6.10. The molecule has 2 aromatic rings. The van der Waals surface area contributed by atoms with Crippen molar-refractivity contribution in [1.29, 1.82) is 5.26 Å². The van der Waals surface area contributed by atoms with Gasteiger partial charge in [0.1, 0.15) is 16.9 Å². The van der Waals surface area contributed by atoms with E-state index in [-0.39, 0.29) is 5.56 Å². The molecule has 2 aromatic carbocycles. The van der Waals surface area contributed by atoms with Crippen LogP contribution in [0.5, 0.6) is 0 Å². The molecule has 2 N–H and O–H groups in total. The van der Waals surface area contributed by atoms with E-state index in [1.54, 1.807) is 31.2 Å². The molecule has 0 spiro atoms. The highest BCUT2D eigenvalue weighted by atomic mass is 19.4. The summed E-state index contributed by atoms with van der Waals surface area (Å²) < 4.78 is 56.6. The van der Waals surface area contributed by atoms with E-state index < -0.39 is 53.4 Å². The molecule has 0 unspecified atom stereocenters. The molecule has 0 saturated heterocycles. The smallest absolute Gasteiger partial charge is 0.414 e. The summed E-state index contributed by atoms with van der Waals surface area (Å²) in [4.78, 5) is 27.6. The summed E-state index contributed by atoms with van der Waals surface area (Å²) in [5.74, 6) is -2.67. The first kappa shape index (κ1) is 27.8. The number of halogens is 4. The molecule has 10 heteroatoms. The highest BCUT2D eigenvalue weighted by molar-refractivity contribution is 6.39. The highest BCUT2D eigenvalue weighted by Gasteiger charge is 2.46. The fourth-order valence-corrected chi connectivity index (χ4v) is 3.72. The van der Waals surface area contributed by atoms with E-state index in [9.17, 15) is 32.4 Å². The van der Waals surface area contributed by atoms with Crippen molar-refractivity contribution in [1.82, 2.24) is 5.32 Å². The molecule has 0 heterocycles. The van der Waals surface area contributed by atoms with Crippen LogP contribution in [-0.2, 0) is 9.59 Å². The van der Waals surface area contributed by atoms with Crippen LogP contribution in [0.3, 0.4) is 0 Å². The molecule has 1 aliphatic carbocycles. The Morgan fingerprint density at radius 1 is 1.03 bits per heavy atom. The minimum atomic E-state index is -4.87. The van der Waals surface area contributed by atoms with Crippen LogP contribution in [0.2, 0.25) is 0 Å². The number of nitriles is 1. The molecule has 0 aliphatic heterocycles. The molecule has 37 heavy (non-hydrogen) atoms. The van der Waals surface area contributed by atoms with Gasteiger partial charge in [-0.1, -0.05) is 48.5 Å². The number of benzene rings is 2. The van der Waals surface area contributed by atoms with Crippen molar-refractivity contribution in [2.45, 2.75) is 69.4 Å².